The first kappa shape index (κ1) is 13.3. The second-order valence-corrected chi connectivity index (χ2v) is 7.54. The average molecular weight is 306 g/mol. The van der Waals surface area contributed by atoms with Crippen LogP contribution in [0.1, 0.15) is 12.8 Å². The lowest BCUT2D eigenvalue weighted by atomic mass is 9.91. The standard InChI is InChI=1S/C12H13ClFNO3S/c13-10-4-3-9(14)5-11(10)19(17,18)15-6-12(16,7-15)8-1-2-8/h3-5,8,16H,1-2,6-7H2. The Hall–Kier alpha value is -0.690. The minimum Gasteiger partial charge on any atom is -0.387 e. The van der Waals surface area contributed by atoms with Crippen LogP contribution in [0, 0.1) is 11.7 Å². The molecule has 7 heteroatoms. The molecule has 104 valence electrons. The van der Waals surface area contributed by atoms with E-state index in [0.29, 0.717) is 0 Å². The van der Waals surface area contributed by atoms with E-state index in [2.05, 4.69) is 0 Å². The van der Waals surface area contributed by atoms with E-state index >= 15 is 0 Å². The Balaban J connectivity index is 1.86. The Morgan fingerprint density at radius 2 is 2.00 bits per heavy atom. The second kappa shape index (κ2) is 4.15. The van der Waals surface area contributed by atoms with Gasteiger partial charge in [-0.3, -0.25) is 0 Å². The zero-order valence-electron chi connectivity index (χ0n) is 10.0. The normalized spacial score (nSPS) is 23.1. The van der Waals surface area contributed by atoms with E-state index < -0.39 is 21.4 Å². The Morgan fingerprint density at radius 1 is 1.37 bits per heavy atom. The highest BCUT2D eigenvalue weighted by atomic mass is 35.5. The van der Waals surface area contributed by atoms with Crippen LogP contribution >= 0.6 is 11.6 Å². The predicted octanol–water partition coefficient (Wildman–Crippen LogP) is 1.62. The molecule has 2 aliphatic rings. The van der Waals surface area contributed by atoms with Crippen LogP contribution in [-0.2, 0) is 10.0 Å². The van der Waals surface area contributed by atoms with Crippen LogP contribution in [0.25, 0.3) is 0 Å². The fraction of sp³-hybridized carbons (Fsp3) is 0.500. The van der Waals surface area contributed by atoms with Crippen molar-refractivity contribution >= 4 is 21.6 Å². The molecule has 1 heterocycles. The van der Waals surface area contributed by atoms with E-state index in [4.69, 9.17) is 11.6 Å². The highest BCUT2D eigenvalue weighted by molar-refractivity contribution is 7.89. The summed E-state index contributed by atoms with van der Waals surface area (Å²) in [6.45, 7) is 0.125. The van der Waals surface area contributed by atoms with E-state index in [1.165, 1.54) is 6.07 Å². The molecule has 1 aliphatic carbocycles. The van der Waals surface area contributed by atoms with Gasteiger partial charge in [-0.25, -0.2) is 12.8 Å². The highest BCUT2D eigenvalue weighted by Gasteiger charge is 2.55. The summed E-state index contributed by atoms with van der Waals surface area (Å²) in [7, 11) is -3.83. The van der Waals surface area contributed by atoms with Crippen molar-refractivity contribution in [3.63, 3.8) is 0 Å². The van der Waals surface area contributed by atoms with Gasteiger partial charge in [0.2, 0.25) is 10.0 Å². The molecule has 1 aromatic rings. The van der Waals surface area contributed by atoms with Crippen molar-refractivity contribution in [2.45, 2.75) is 23.3 Å². The third-order valence-corrected chi connectivity index (χ3v) is 6.02. The van der Waals surface area contributed by atoms with Gasteiger partial charge in [-0.05, 0) is 37.0 Å². The molecule has 1 N–H and O–H groups in total. The van der Waals surface area contributed by atoms with Crippen molar-refractivity contribution < 1.29 is 17.9 Å². The molecule has 19 heavy (non-hydrogen) atoms. The topological polar surface area (TPSA) is 57.6 Å². The molecule has 0 bridgehead atoms. The number of nitrogens with zero attached hydrogens (tertiary/aromatic N) is 1. The second-order valence-electron chi connectivity index (χ2n) is 5.23. The number of halogens is 2. The smallest absolute Gasteiger partial charge is 0.244 e. The summed E-state index contributed by atoms with van der Waals surface area (Å²) < 4.78 is 38.9. The highest BCUT2D eigenvalue weighted by Crippen LogP contribution is 2.46. The quantitative estimate of drug-likeness (QED) is 0.923. The maximum atomic E-state index is 13.2. The molecule has 1 aromatic carbocycles. The van der Waals surface area contributed by atoms with Crippen LogP contribution in [0.4, 0.5) is 4.39 Å². The molecule has 1 saturated carbocycles. The third kappa shape index (κ3) is 2.16. The first-order valence-corrected chi connectivity index (χ1v) is 7.82. The van der Waals surface area contributed by atoms with Crippen molar-refractivity contribution in [2.75, 3.05) is 13.1 Å². The fourth-order valence-corrected chi connectivity index (χ4v) is 4.48. The van der Waals surface area contributed by atoms with Crippen LogP contribution in [0.5, 0.6) is 0 Å². The zero-order chi connectivity index (χ0) is 13.8. The number of rotatable bonds is 3. The van der Waals surface area contributed by atoms with Gasteiger partial charge in [0.05, 0.1) is 10.6 Å². The lowest BCUT2D eigenvalue weighted by Gasteiger charge is -2.45. The molecular formula is C12H13ClFNO3S. The minimum absolute atomic E-state index is 0.0109. The number of β-amino-alcohol motifs (C(OH)–C–C–N with tert-alkyl or cyclic N) is 1. The SMILES string of the molecule is O=S(=O)(c1cc(F)ccc1Cl)N1CC(O)(C2CC2)C1. The van der Waals surface area contributed by atoms with Crippen LogP contribution in [0.2, 0.25) is 5.02 Å². The van der Waals surface area contributed by atoms with Gasteiger partial charge in [-0.2, -0.15) is 4.31 Å². The fourth-order valence-electron chi connectivity index (χ4n) is 2.43. The molecule has 0 spiro atoms. The molecular weight excluding hydrogens is 293 g/mol. The molecule has 0 amide bonds. The summed E-state index contributed by atoms with van der Waals surface area (Å²) >= 11 is 5.82. The van der Waals surface area contributed by atoms with Gasteiger partial charge in [0, 0.05) is 13.1 Å². The molecule has 0 unspecified atom stereocenters. The van der Waals surface area contributed by atoms with Crippen LogP contribution in [-0.4, -0.2) is 36.5 Å². The molecule has 4 nitrogen and oxygen atoms in total. The molecule has 1 saturated heterocycles. The summed E-state index contributed by atoms with van der Waals surface area (Å²) in [6.07, 6.45) is 1.87. The van der Waals surface area contributed by atoms with E-state index in [0.717, 1.165) is 29.3 Å². The number of hydrogen-bond acceptors (Lipinski definition) is 3. The Kier molecular flexibility index (Phi) is 2.91. The molecule has 2 fully saturated rings. The number of hydrogen-bond donors (Lipinski definition) is 1. The molecule has 0 radical (unpaired) electrons. The van der Waals surface area contributed by atoms with Gasteiger partial charge in [-0.15, -0.1) is 0 Å². The summed E-state index contributed by atoms with van der Waals surface area (Å²) in [6, 6.07) is 3.24. The number of sulfonamides is 1. The summed E-state index contributed by atoms with van der Waals surface area (Å²) in [5, 5.41) is 10.1. The Morgan fingerprint density at radius 3 is 2.58 bits per heavy atom. The zero-order valence-corrected chi connectivity index (χ0v) is 11.6. The maximum absolute atomic E-state index is 13.2. The number of benzene rings is 1. The first-order chi connectivity index (χ1) is 8.83. The molecule has 3 rings (SSSR count). The monoisotopic (exact) mass is 305 g/mol. The van der Waals surface area contributed by atoms with Gasteiger partial charge in [0.15, 0.2) is 0 Å². The molecule has 0 atom stereocenters. The van der Waals surface area contributed by atoms with Crippen molar-refractivity contribution in [1.29, 1.82) is 0 Å². The van der Waals surface area contributed by atoms with Crippen LogP contribution < -0.4 is 0 Å². The maximum Gasteiger partial charge on any atom is 0.244 e. The van der Waals surface area contributed by atoms with Gasteiger partial charge < -0.3 is 5.11 Å². The van der Waals surface area contributed by atoms with Crippen LogP contribution in [0.15, 0.2) is 23.1 Å². The third-order valence-electron chi connectivity index (χ3n) is 3.75. The molecule has 1 aliphatic heterocycles. The lowest BCUT2D eigenvalue weighted by Crippen LogP contribution is -2.64. The van der Waals surface area contributed by atoms with Gasteiger partial charge in [-0.1, -0.05) is 11.6 Å². The van der Waals surface area contributed by atoms with Crippen molar-refractivity contribution in [3.05, 3.63) is 29.0 Å². The lowest BCUT2D eigenvalue weighted by molar-refractivity contribution is -0.0764. The minimum atomic E-state index is -3.83. The molecule has 0 aromatic heterocycles. The number of aliphatic hydroxyl groups is 1. The van der Waals surface area contributed by atoms with Crippen molar-refractivity contribution in [3.8, 4) is 0 Å². The largest absolute Gasteiger partial charge is 0.387 e. The van der Waals surface area contributed by atoms with E-state index in [9.17, 15) is 17.9 Å². The van der Waals surface area contributed by atoms with Gasteiger partial charge in [0.25, 0.3) is 0 Å². The van der Waals surface area contributed by atoms with Crippen molar-refractivity contribution in [1.82, 2.24) is 4.31 Å². The van der Waals surface area contributed by atoms with Crippen molar-refractivity contribution in [2.24, 2.45) is 5.92 Å². The Labute approximate surface area is 115 Å². The van der Waals surface area contributed by atoms with Crippen LogP contribution in [0.3, 0.4) is 0 Å². The van der Waals surface area contributed by atoms with Gasteiger partial charge >= 0.3 is 0 Å². The Bertz CT molecular complexity index is 624. The van der Waals surface area contributed by atoms with E-state index in [1.807, 2.05) is 0 Å². The average Bonchev–Trinajstić information content (AvgIpc) is 3.12. The summed E-state index contributed by atoms with van der Waals surface area (Å²) in [5.74, 6) is -0.456. The first-order valence-electron chi connectivity index (χ1n) is 6.00. The van der Waals surface area contributed by atoms with E-state index in [-0.39, 0.29) is 28.9 Å². The van der Waals surface area contributed by atoms with E-state index in [1.54, 1.807) is 0 Å². The summed E-state index contributed by atoms with van der Waals surface area (Å²) in [5.41, 5.74) is -0.910. The summed E-state index contributed by atoms with van der Waals surface area (Å²) in [4.78, 5) is -0.244. The van der Waals surface area contributed by atoms with Gasteiger partial charge in [0.1, 0.15) is 10.7 Å². The predicted molar refractivity (Wildman–Crippen MR) is 67.8 cm³/mol.